The van der Waals surface area contributed by atoms with Crippen molar-refractivity contribution < 1.29 is 22.9 Å². The number of rotatable bonds is 11. The molecule has 3 atom stereocenters. The van der Waals surface area contributed by atoms with Gasteiger partial charge in [0.1, 0.15) is 5.75 Å². The Morgan fingerprint density at radius 2 is 1.87 bits per heavy atom. The van der Waals surface area contributed by atoms with Crippen molar-refractivity contribution >= 4 is 5.91 Å². The second-order valence-electron chi connectivity index (χ2n) is 7.81. The lowest BCUT2D eigenvalue weighted by Crippen LogP contribution is -2.43. The lowest BCUT2D eigenvalue weighted by molar-refractivity contribution is -0.125. The molecule has 2 N–H and O–H groups in total. The van der Waals surface area contributed by atoms with E-state index in [0.29, 0.717) is 23.8 Å². The zero-order valence-electron chi connectivity index (χ0n) is 24.0. The second-order valence-corrected chi connectivity index (χ2v) is 7.81. The molecule has 0 saturated heterocycles. The van der Waals surface area contributed by atoms with E-state index in [1.54, 1.807) is 30.3 Å². The first-order valence-electron chi connectivity index (χ1n) is 13.4. The standard InChI is InChI=1S/C26H34N2O3/c1-5-9-19(2)18-31-22-14-12-21(13-15-22)24(26(3,4)30)28-25(29)23(16-17-27)20-10-7-6-8-11-20/h6-8,10-15,19,23-24,30H,5,9,16,18H2,1-4H3,(H,28,29)/t19-,23-,24+/m0/s1/i3D3,4D3. The maximum Gasteiger partial charge on any atom is 0.229 e. The Morgan fingerprint density at radius 1 is 1.19 bits per heavy atom. The summed E-state index contributed by atoms with van der Waals surface area (Å²) in [5.41, 5.74) is -2.75. The van der Waals surface area contributed by atoms with E-state index in [1.807, 2.05) is 6.07 Å². The first-order chi connectivity index (χ1) is 17.3. The highest BCUT2D eigenvalue weighted by Gasteiger charge is 2.32. The van der Waals surface area contributed by atoms with Gasteiger partial charge in [0.15, 0.2) is 0 Å². The quantitative estimate of drug-likeness (QED) is 0.520. The molecule has 166 valence electrons. The van der Waals surface area contributed by atoms with Gasteiger partial charge in [-0.15, -0.1) is 0 Å². The third-order valence-electron chi connectivity index (χ3n) is 5.05. The lowest BCUT2D eigenvalue weighted by atomic mass is 9.89. The minimum atomic E-state index is -3.39. The number of hydrogen-bond acceptors (Lipinski definition) is 4. The largest absolute Gasteiger partial charge is 0.493 e. The summed E-state index contributed by atoms with van der Waals surface area (Å²) in [6.07, 6.45) is 1.77. The van der Waals surface area contributed by atoms with Crippen molar-refractivity contribution in [1.82, 2.24) is 5.32 Å². The van der Waals surface area contributed by atoms with Gasteiger partial charge < -0.3 is 15.2 Å². The van der Waals surface area contributed by atoms with Crippen molar-refractivity contribution in [3.8, 4) is 11.8 Å². The van der Waals surface area contributed by atoms with Gasteiger partial charge >= 0.3 is 0 Å². The Kier molecular flexibility index (Phi) is 6.25. The Morgan fingerprint density at radius 3 is 2.45 bits per heavy atom. The number of nitrogens with zero attached hydrogens (tertiary/aromatic N) is 1. The van der Waals surface area contributed by atoms with Crippen LogP contribution < -0.4 is 10.1 Å². The number of hydrogen-bond donors (Lipinski definition) is 2. The smallest absolute Gasteiger partial charge is 0.229 e. The number of amides is 1. The minimum absolute atomic E-state index is 0.0702. The van der Waals surface area contributed by atoms with Crippen molar-refractivity contribution in [2.24, 2.45) is 5.92 Å². The average Bonchev–Trinajstić information content (AvgIpc) is 2.83. The Labute approximate surface area is 194 Å². The van der Waals surface area contributed by atoms with E-state index in [9.17, 15) is 15.2 Å². The van der Waals surface area contributed by atoms with Crippen LogP contribution in [0.3, 0.4) is 0 Å². The number of carbonyl (C=O) groups excluding carboxylic acids is 1. The molecular formula is C26H34N2O3. The molecule has 0 spiro atoms. The molecule has 0 radical (unpaired) electrons. The Hall–Kier alpha value is -2.84. The first kappa shape index (κ1) is 16.8. The van der Waals surface area contributed by atoms with E-state index in [2.05, 4.69) is 19.2 Å². The van der Waals surface area contributed by atoms with Crippen molar-refractivity contribution in [2.45, 2.75) is 64.4 Å². The van der Waals surface area contributed by atoms with Gasteiger partial charge in [0.2, 0.25) is 5.91 Å². The van der Waals surface area contributed by atoms with Crippen LogP contribution in [0.15, 0.2) is 54.6 Å². The zero-order valence-corrected chi connectivity index (χ0v) is 18.0. The third-order valence-corrected chi connectivity index (χ3v) is 5.05. The fourth-order valence-corrected chi connectivity index (χ4v) is 3.38. The van der Waals surface area contributed by atoms with Gasteiger partial charge in [-0.1, -0.05) is 62.7 Å². The summed E-state index contributed by atoms with van der Waals surface area (Å²) in [6, 6.07) is 14.4. The maximum absolute atomic E-state index is 13.4. The van der Waals surface area contributed by atoms with Crippen LogP contribution >= 0.6 is 0 Å². The Balaban J connectivity index is 2.49. The van der Waals surface area contributed by atoms with Crippen LogP contribution in [-0.4, -0.2) is 23.2 Å². The summed E-state index contributed by atoms with van der Waals surface area (Å²) in [7, 11) is 0. The van der Waals surface area contributed by atoms with E-state index in [1.165, 1.54) is 24.3 Å². The van der Waals surface area contributed by atoms with Crippen molar-refractivity contribution in [3.05, 3.63) is 65.7 Å². The number of ether oxygens (including phenoxy) is 1. The van der Waals surface area contributed by atoms with Gasteiger partial charge in [0, 0.05) is 8.22 Å². The molecule has 0 fully saturated rings. The van der Waals surface area contributed by atoms with Crippen LogP contribution in [0.2, 0.25) is 0 Å². The van der Waals surface area contributed by atoms with E-state index in [0.717, 1.165) is 12.8 Å². The van der Waals surface area contributed by atoms with Gasteiger partial charge in [-0.2, -0.15) is 5.26 Å². The summed E-state index contributed by atoms with van der Waals surface area (Å²) in [5, 5.41) is 23.0. The molecule has 31 heavy (non-hydrogen) atoms. The second kappa shape index (κ2) is 11.5. The van der Waals surface area contributed by atoms with Crippen molar-refractivity contribution in [3.63, 3.8) is 0 Å². The highest BCUT2D eigenvalue weighted by molar-refractivity contribution is 5.84. The molecule has 0 aromatic heterocycles. The molecule has 2 aromatic carbocycles. The summed E-state index contributed by atoms with van der Waals surface area (Å²) in [5.74, 6) is -0.982. The summed E-state index contributed by atoms with van der Waals surface area (Å²) < 4.78 is 53.2. The number of nitrogens with one attached hydrogen (secondary N) is 1. The zero-order chi connectivity index (χ0) is 27.9. The first-order valence-corrected chi connectivity index (χ1v) is 10.4. The fraction of sp³-hybridized carbons (Fsp3) is 0.462. The highest BCUT2D eigenvalue weighted by atomic mass is 16.5. The molecule has 5 heteroatoms. The molecular weight excluding hydrogens is 388 g/mol. The number of nitriles is 1. The monoisotopic (exact) mass is 428 g/mol. The van der Waals surface area contributed by atoms with Crippen LogP contribution in [0.25, 0.3) is 0 Å². The molecule has 0 aliphatic rings. The number of aliphatic hydroxyl groups is 1. The topological polar surface area (TPSA) is 82.4 Å². The normalized spacial score (nSPS) is 17.9. The minimum Gasteiger partial charge on any atom is -0.493 e. The lowest BCUT2D eigenvalue weighted by Gasteiger charge is -2.32. The highest BCUT2D eigenvalue weighted by Crippen LogP contribution is 2.29. The van der Waals surface area contributed by atoms with Crippen LogP contribution in [0.4, 0.5) is 0 Å². The van der Waals surface area contributed by atoms with Crippen molar-refractivity contribution in [1.29, 1.82) is 5.26 Å². The number of carbonyl (C=O) groups is 1. The summed E-state index contributed by atoms with van der Waals surface area (Å²) >= 11 is 0. The van der Waals surface area contributed by atoms with Gasteiger partial charge in [-0.3, -0.25) is 4.79 Å². The van der Waals surface area contributed by atoms with Gasteiger partial charge in [-0.25, -0.2) is 0 Å². The van der Waals surface area contributed by atoms with E-state index in [4.69, 9.17) is 13.0 Å². The van der Waals surface area contributed by atoms with Crippen LogP contribution in [0.5, 0.6) is 5.75 Å². The predicted molar refractivity (Wildman–Crippen MR) is 123 cm³/mol. The summed E-state index contributed by atoms with van der Waals surface area (Å²) in [4.78, 5) is 13.4. The van der Waals surface area contributed by atoms with Crippen LogP contribution in [0, 0.1) is 17.2 Å². The van der Waals surface area contributed by atoms with Crippen LogP contribution in [0.1, 0.15) is 78.1 Å². The SMILES string of the molecule is [2H]C([2H])([2H])C(O)([C@H](NC(=O)[C@@H](CC#N)c1ccccc1)c1ccc(OC[C@@H](C)CCC)cc1)C([2H])([2H])[2H]. The maximum atomic E-state index is 13.4. The molecule has 0 unspecified atom stereocenters. The van der Waals surface area contributed by atoms with E-state index in [-0.39, 0.29) is 12.0 Å². The van der Waals surface area contributed by atoms with Crippen LogP contribution in [-0.2, 0) is 4.79 Å². The molecule has 0 aliphatic carbocycles. The molecule has 0 aliphatic heterocycles. The van der Waals surface area contributed by atoms with Gasteiger partial charge in [0.25, 0.3) is 0 Å². The Bertz CT molecular complexity index is 1040. The van der Waals surface area contributed by atoms with E-state index < -0.39 is 37.2 Å². The third kappa shape index (κ3) is 7.41. The van der Waals surface area contributed by atoms with Crippen molar-refractivity contribution in [2.75, 3.05) is 6.61 Å². The predicted octanol–water partition coefficient (Wildman–Crippen LogP) is 5.13. The average molecular weight is 429 g/mol. The summed E-state index contributed by atoms with van der Waals surface area (Å²) in [6.45, 7) is -2.18. The molecule has 2 aromatic rings. The molecule has 0 bridgehead atoms. The van der Waals surface area contributed by atoms with E-state index >= 15 is 0 Å². The van der Waals surface area contributed by atoms with Gasteiger partial charge in [-0.05, 0) is 49.3 Å². The molecule has 2 rings (SSSR count). The van der Waals surface area contributed by atoms with Gasteiger partial charge in [0.05, 0.1) is 36.7 Å². The molecule has 0 heterocycles. The molecule has 1 amide bonds. The molecule has 0 saturated carbocycles. The fourth-order valence-electron chi connectivity index (χ4n) is 3.38. The number of benzene rings is 2. The molecule has 5 nitrogen and oxygen atoms in total.